The van der Waals surface area contributed by atoms with Crippen LogP contribution in [-0.4, -0.2) is 50.0 Å². The van der Waals surface area contributed by atoms with Gasteiger partial charge in [0.15, 0.2) is 5.69 Å². The lowest BCUT2D eigenvalue weighted by Gasteiger charge is -2.38. The predicted molar refractivity (Wildman–Crippen MR) is 75.7 cm³/mol. The van der Waals surface area contributed by atoms with Gasteiger partial charge < -0.3 is 10.0 Å². The molecule has 7 nitrogen and oxygen atoms in total. The zero-order valence-corrected chi connectivity index (χ0v) is 12.7. The molecule has 1 N–H and O–H groups in total. The predicted octanol–water partition coefficient (Wildman–Crippen LogP) is 1.26. The summed E-state index contributed by atoms with van der Waals surface area (Å²) < 4.78 is 1.28. The van der Waals surface area contributed by atoms with Crippen molar-refractivity contribution >= 4 is 11.9 Å². The van der Waals surface area contributed by atoms with Crippen LogP contribution in [0.3, 0.4) is 0 Å². The fraction of sp³-hybridized carbons (Fsp3) is 0.714. The highest BCUT2D eigenvalue weighted by molar-refractivity contribution is 5.84. The zero-order valence-electron chi connectivity index (χ0n) is 12.7. The number of aromatic nitrogens is 3. The first-order valence-electron chi connectivity index (χ1n) is 7.18. The van der Waals surface area contributed by atoms with E-state index in [0.29, 0.717) is 5.92 Å². The number of hydrogen-bond donors (Lipinski definition) is 1. The molecular formula is C14H22N4O3. The number of likely N-dealkylation sites (tertiary alicyclic amines) is 1. The molecule has 2 rings (SSSR count). The second-order valence-corrected chi connectivity index (χ2v) is 6.63. The van der Waals surface area contributed by atoms with Crippen LogP contribution in [-0.2, 0) is 11.3 Å². The molecule has 2 heterocycles. The Labute approximate surface area is 123 Å². The van der Waals surface area contributed by atoms with Crippen molar-refractivity contribution in [2.45, 2.75) is 40.2 Å². The number of carboxylic acids is 1. The smallest absolute Gasteiger partial charge is 0.358 e. The number of carbonyl (C=O) groups is 2. The molecular weight excluding hydrogens is 272 g/mol. The van der Waals surface area contributed by atoms with E-state index in [2.05, 4.69) is 31.1 Å². The van der Waals surface area contributed by atoms with Crippen LogP contribution in [0.1, 0.15) is 44.1 Å². The Balaban J connectivity index is 1.88. The third-order valence-electron chi connectivity index (χ3n) is 4.13. The molecule has 0 unspecified atom stereocenters. The lowest BCUT2D eigenvalue weighted by molar-refractivity contribution is -0.134. The van der Waals surface area contributed by atoms with Crippen molar-refractivity contribution in [1.29, 1.82) is 0 Å². The van der Waals surface area contributed by atoms with E-state index in [9.17, 15) is 9.59 Å². The Hall–Kier alpha value is -1.92. The van der Waals surface area contributed by atoms with Gasteiger partial charge in [-0.15, -0.1) is 5.10 Å². The highest BCUT2D eigenvalue weighted by Crippen LogP contribution is 2.34. The molecule has 0 radical (unpaired) electrons. The van der Waals surface area contributed by atoms with E-state index >= 15 is 0 Å². The van der Waals surface area contributed by atoms with E-state index in [1.807, 2.05) is 4.90 Å². The maximum absolute atomic E-state index is 12.2. The number of aromatic carboxylic acids is 1. The Morgan fingerprint density at radius 1 is 1.33 bits per heavy atom. The number of amides is 1. The lowest BCUT2D eigenvalue weighted by atomic mass is 9.75. The molecule has 1 aliphatic rings. The van der Waals surface area contributed by atoms with Crippen molar-refractivity contribution in [3.63, 3.8) is 0 Å². The molecule has 0 aliphatic carbocycles. The summed E-state index contributed by atoms with van der Waals surface area (Å²) in [5.41, 5.74) is 0.131. The lowest BCUT2D eigenvalue weighted by Crippen LogP contribution is -2.42. The van der Waals surface area contributed by atoms with E-state index in [1.165, 1.54) is 10.9 Å². The third-order valence-corrected chi connectivity index (χ3v) is 4.13. The molecule has 116 valence electrons. The average molecular weight is 294 g/mol. The highest BCUT2D eigenvalue weighted by atomic mass is 16.4. The topological polar surface area (TPSA) is 88.3 Å². The third kappa shape index (κ3) is 3.80. The number of rotatable bonds is 3. The Kier molecular flexibility index (Phi) is 4.29. The molecule has 21 heavy (non-hydrogen) atoms. The summed E-state index contributed by atoms with van der Waals surface area (Å²) in [4.78, 5) is 24.7. The molecule has 0 bridgehead atoms. The number of carbonyl (C=O) groups excluding carboxylic acids is 1. The van der Waals surface area contributed by atoms with Gasteiger partial charge >= 0.3 is 5.97 Å². The molecule has 0 aromatic carbocycles. The van der Waals surface area contributed by atoms with E-state index in [1.54, 1.807) is 0 Å². The van der Waals surface area contributed by atoms with Crippen molar-refractivity contribution < 1.29 is 14.7 Å². The van der Waals surface area contributed by atoms with Crippen LogP contribution in [0.2, 0.25) is 0 Å². The number of piperidine rings is 1. The first-order chi connectivity index (χ1) is 9.77. The summed E-state index contributed by atoms with van der Waals surface area (Å²) in [6.45, 7) is 8.25. The molecule has 0 saturated carbocycles. The molecule has 1 amide bonds. The van der Waals surface area contributed by atoms with Gasteiger partial charge in [0.25, 0.3) is 0 Å². The standard InChI is InChI=1S/C14H22N4O3/c1-14(2,3)10-4-6-17(7-5-10)12(19)9-18-8-11(13(20)21)15-16-18/h8,10H,4-7,9H2,1-3H3,(H,20,21). The monoisotopic (exact) mass is 294 g/mol. The minimum atomic E-state index is -1.14. The summed E-state index contributed by atoms with van der Waals surface area (Å²) in [6, 6.07) is 0. The van der Waals surface area contributed by atoms with Crippen LogP contribution in [0.25, 0.3) is 0 Å². The van der Waals surface area contributed by atoms with E-state index < -0.39 is 5.97 Å². The van der Waals surface area contributed by atoms with Gasteiger partial charge in [-0.05, 0) is 24.2 Å². The van der Waals surface area contributed by atoms with Gasteiger partial charge in [0.2, 0.25) is 5.91 Å². The minimum Gasteiger partial charge on any atom is -0.476 e. The Morgan fingerprint density at radius 3 is 2.43 bits per heavy atom. The van der Waals surface area contributed by atoms with Crippen molar-refractivity contribution in [2.75, 3.05) is 13.1 Å². The average Bonchev–Trinajstić information content (AvgIpc) is 2.86. The van der Waals surface area contributed by atoms with Crippen LogP contribution in [0.5, 0.6) is 0 Å². The summed E-state index contributed by atoms with van der Waals surface area (Å²) in [5.74, 6) is -0.546. The Bertz CT molecular complexity index is 525. The van der Waals surface area contributed by atoms with Gasteiger partial charge in [0, 0.05) is 13.1 Å². The number of hydrogen-bond acceptors (Lipinski definition) is 4. The maximum Gasteiger partial charge on any atom is 0.358 e. The summed E-state index contributed by atoms with van der Waals surface area (Å²) in [7, 11) is 0. The SMILES string of the molecule is CC(C)(C)C1CCN(C(=O)Cn2cc(C(=O)O)nn2)CC1. The van der Waals surface area contributed by atoms with Gasteiger partial charge in [-0.2, -0.15) is 0 Å². The highest BCUT2D eigenvalue weighted by Gasteiger charge is 2.30. The normalized spacial score (nSPS) is 17.0. The molecule has 1 aromatic heterocycles. The van der Waals surface area contributed by atoms with E-state index in [-0.39, 0.29) is 23.6 Å². The molecule has 0 spiro atoms. The number of nitrogens with zero attached hydrogens (tertiary/aromatic N) is 4. The second-order valence-electron chi connectivity index (χ2n) is 6.63. The first kappa shape index (κ1) is 15.5. The van der Waals surface area contributed by atoms with Gasteiger partial charge in [0.1, 0.15) is 6.54 Å². The molecule has 7 heteroatoms. The maximum atomic E-state index is 12.2. The van der Waals surface area contributed by atoms with Gasteiger partial charge in [-0.1, -0.05) is 26.0 Å². The fourth-order valence-corrected chi connectivity index (χ4v) is 2.71. The summed E-state index contributed by atoms with van der Waals surface area (Å²) in [5, 5.41) is 15.9. The van der Waals surface area contributed by atoms with Crippen LogP contribution in [0.4, 0.5) is 0 Å². The van der Waals surface area contributed by atoms with Crippen molar-refractivity contribution in [3.8, 4) is 0 Å². The van der Waals surface area contributed by atoms with Gasteiger partial charge in [-0.3, -0.25) is 4.79 Å². The van der Waals surface area contributed by atoms with Gasteiger partial charge in [-0.25, -0.2) is 9.48 Å². The molecule has 1 saturated heterocycles. The molecule has 0 atom stereocenters. The first-order valence-corrected chi connectivity index (χ1v) is 7.18. The minimum absolute atomic E-state index is 0.0378. The van der Waals surface area contributed by atoms with Crippen LogP contribution >= 0.6 is 0 Å². The second kappa shape index (κ2) is 5.83. The van der Waals surface area contributed by atoms with Crippen LogP contribution in [0, 0.1) is 11.3 Å². The summed E-state index contributed by atoms with van der Waals surface area (Å²) in [6.07, 6.45) is 3.29. The van der Waals surface area contributed by atoms with E-state index in [0.717, 1.165) is 25.9 Å². The Morgan fingerprint density at radius 2 is 1.95 bits per heavy atom. The molecule has 1 fully saturated rings. The molecule has 1 aromatic rings. The van der Waals surface area contributed by atoms with Gasteiger partial charge in [0.05, 0.1) is 6.20 Å². The van der Waals surface area contributed by atoms with Crippen LogP contribution < -0.4 is 0 Å². The quantitative estimate of drug-likeness (QED) is 0.906. The van der Waals surface area contributed by atoms with Crippen molar-refractivity contribution in [2.24, 2.45) is 11.3 Å². The van der Waals surface area contributed by atoms with Crippen molar-refractivity contribution in [3.05, 3.63) is 11.9 Å². The van der Waals surface area contributed by atoms with E-state index in [4.69, 9.17) is 5.11 Å². The molecule has 1 aliphatic heterocycles. The fourth-order valence-electron chi connectivity index (χ4n) is 2.71. The van der Waals surface area contributed by atoms with Crippen molar-refractivity contribution in [1.82, 2.24) is 19.9 Å². The summed E-state index contributed by atoms with van der Waals surface area (Å²) >= 11 is 0. The van der Waals surface area contributed by atoms with Crippen LogP contribution in [0.15, 0.2) is 6.20 Å². The zero-order chi connectivity index (χ0) is 15.6. The largest absolute Gasteiger partial charge is 0.476 e. The number of carboxylic acid groups (broad SMARTS) is 1.